The lowest BCUT2D eigenvalue weighted by molar-refractivity contribution is -0.137. The number of ether oxygens (including phenoxy) is 3. The van der Waals surface area contributed by atoms with Gasteiger partial charge in [0.15, 0.2) is 0 Å². The minimum atomic E-state index is -1.10. The average molecular weight is 457 g/mol. The summed E-state index contributed by atoms with van der Waals surface area (Å²) in [5, 5.41) is 10.4. The molecular formula is C21H36N4O7. The van der Waals surface area contributed by atoms with Gasteiger partial charge in [0.25, 0.3) is 0 Å². The molecule has 0 radical (unpaired) electrons. The summed E-state index contributed by atoms with van der Waals surface area (Å²) in [6, 6.07) is -0.921. The molecule has 1 aliphatic heterocycles. The first-order valence-corrected chi connectivity index (χ1v) is 10.7. The van der Waals surface area contributed by atoms with Gasteiger partial charge in [0.05, 0.1) is 12.6 Å². The zero-order valence-corrected chi connectivity index (χ0v) is 20.2. The maximum atomic E-state index is 12.8. The second-order valence-corrected chi connectivity index (χ2v) is 9.30. The Morgan fingerprint density at radius 3 is 1.97 bits per heavy atom. The zero-order valence-electron chi connectivity index (χ0n) is 20.2. The van der Waals surface area contributed by atoms with Crippen LogP contribution in [-0.4, -0.2) is 64.8 Å². The fourth-order valence-corrected chi connectivity index (χ4v) is 2.78. The number of rotatable bonds is 6. The highest BCUT2D eigenvalue weighted by atomic mass is 16.6. The van der Waals surface area contributed by atoms with Crippen LogP contribution in [-0.2, 0) is 23.8 Å². The molecule has 0 saturated carbocycles. The molecule has 0 fully saturated rings. The van der Waals surface area contributed by atoms with Crippen molar-refractivity contribution in [1.82, 2.24) is 15.6 Å². The van der Waals surface area contributed by atoms with Gasteiger partial charge in [-0.15, -0.1) is 0 Å². The summed E-state index contributed by atoms with van der Waals surface area (Å²) in [6.07, 6.45) is -2.13. The van der Waals surface area contributed by atoms with Gasteiger partial charge in [-0.2, -0.15) is 5.10 Å². The van der Waals surface area contributed by atoms with E-state index in [2.05, 4.69) is 15.7 Å². The van der Waals surface area contributed by atoms with Crippen LogP contribution in [0.2, 0.25) is 0 Å². The number of nitrogens with one attached hydrogen (secondary N) is 2. The maximum Gasteiger partial charge on any atom is 0.409 e. The Morgan fingerprint density at radius 2 is 1.50 bits per heavy atom. The SMILES string of the molecule is CCCC(=O)N1N=C(C(=O)OCC)CC(NC(=O)OC(C)(C)C)C1NC(=O)OC(C)(C)C. The number of hydrogen-bond acceptors (Lipinski definition) is 8. The van der Waals surface area contributed by atoms with Crippen molar-refractivity contribution < 1.29 is 33.4 Å². The van der Waals surface area contributed by atoms with E-state index >= 15 is 0 Å². The second-order valence-electron chi connectivity index (χ2n) is 9.30. The Kier molecular flexibility index (Phi) is 9.47. The van der Waals surface area contributed by atoms with Gasteiger partial charge >= 0.3 is 18.2 Å². The topological polar surface area (TPSA) is 136 Å². The third kappa shape index (κ3) is 9.11. The highest BCUT2D eigenvalue weighted by molar-refractivity contribution is 6.36. The van der Waals surface area contributed by atoms with Crippen LogP contribution in [0, 0.1) is 0 Å². The largest absolute Gasteiger partial charge is 0.461 e. The Balaban J connectivity index is 3.31. The first-order valence-electron chi connectivity index (χ1n) is 10.7. The predicted molar refractivity (Wildman–Crippen MR) is 117 cm³/mol. The molecule has 2 N–H and O–H groups in total. The molecule has 2 atom stereocenters. The van der Waals surface area contributed by atoms with Gasteiger partial charge in [-0.1, -0.05) is 6.92 Å². The molecule has 11 heteroatoms. The summed E-state index contributed by atoms with van der Waals surface area (Å²) in [5.74, 6) is -1.15. The lowest BCUT2D eigenvalue weighted by atomic mass is 10.0. The maximum absolute atomic E-state index is 12.8. The number of hydrazone groups is 1. The van der Waals surface area contributed by atoms with E-state index in [-0.39, 0.29) is 25.2 Å². The van der Waals surface area contributed by atoms with E-state index in [0.717, 1.165) is 5.01 Å². The molecule has 1 heterocycles. The van der Waals surface area contributed by atoms with Crippen LogP contribution >= 0.6 is 0 Å². The molecule has 0 bridgehead atoms. The van der Waals surface area contributed by atoms with Gasteiger partial charge in [0.1, 0.15) is 23.1 Å². The average Bonchev–Trinajstić information content (AvgIpc) is 2.60. The number of hydrogen-bond donors (Lipinski definition) is 2. The molecule has 1 aliphatic rings. The molecule has 32 heavy (non-hydrogen) atoms. The van der Waals surface area contributed by atoms with E-state index in [1.165, 1.54) is 0 Å². The number of carbonyl (C=O) groups is 4. The first kappa shape index (κ1) is 27.2. The summed E-state index contributed by atoms with van der Waals surface area (Å²) >= 11 is 0. The van der Waals surface area contributed by atoms with Crippen LogP contribution in [0.4, 0.5) is 9.59 Å². The lowest BCUT2D eigenvalue weighted by Crippen LogP contribution is -2.63. The van der Waals surface area contributed by atoms with Crippen molar-refractivity contribution in [3.05, 3.63) is 0 Å². The molecule has 0 aromatic heterocycles. The standard InChI is InChI=1S/C21H36N4O7/c1-9-11-15(26)25-16(23-19(29)32-21(6,7)8)13(22-18(28)31-20(3,4)5)12-14(24-25)17(27)30-10-2/h13,16H,9-12H2,1-8H3,(H,22,28)(H,23,29). The summed E-state index contributed by atoms with van der Waals surface area (Å²) in [4.78, 5) is 50.1. The number of amides is 3. The van der Waals surface area contributed by atoms with Crippen LogP contribution in [0.15, 0.2) is 5.10 Å². The molecule has 11 nitrogen and oxygen atoms in total. The molecule has 182 valence electrons. The van der Waals surface area contributed by atoms with Crippen molar-refractivity contribution in [3.63, 3.8) is 0 Å². The Bertz CT molecular complexity index is 737. The van der Waals surface area contributed by atoms with Crippen LogP contribution in [0.1, 0.15) is 74.7 Å². The summed E-state index contributed by atoms with van der Waals surface area (Å²) < 4.78 is 15.6. The quantitative estimate of drug-likeness (QED) is 0.463. The molecule has 0 spiro atoms. The van der Waals surface area contributed by atoms with E-state index < -0.39 is 47.5 Å². The van der Waals surface area contributed by atoms with E-state index in [9.17, 15) is 19.2 Å². The minimum absolute atomic E-state index is 0.0559. The van der Waals surface area contributed by atoms with Gasteiger partial charge in [0.2, 0.25) is 5.91 Å². The van der Waals surface area contributed by atoms with Gasteiger partial charge in [-0.25, -0.2) is 19.4 Å². The van der Waals surface area contributed by atoms with Crippen LogP contribution in [0.25, 0.3) is 0 Å². The number of carbonyl (C=O) groups excluding carboxylic acids is 4. The minimum Gasteiger partial charge on any atom is -0.461 e. The van der Waals surface area contributed by atoms with Crippen molar-refractivity contribution in [2.45, 2.75) is 98.1 Å². The van der Waals surface area contributed by atoms with Gasteiger partial charge in [-0.05, 0) is 54.9 Å². The summed E-state index contributed by atoms with van der Waals surface area (Å²) in [6.45, 7) is 13.8. The van der Waals surface area contributed by atoms with Crippen molar-refractivity contribution in [3.8, 4) is 0 Å². The lowest BCUT2D eigenvalue weighted by Gasteiger charge is -2.38. The molecule has 1 rings (SSSR count). The molecule has 3 amide bonds. The molecule has 0 aromatic carbocycles. The molecular weight excluding hydrogens is 420 g/mol. The fourth-order valence-electron chi connectivity index (χ4n) is 2.78. The van der Waals surface area contributed by atoms with Crippen molar-refractivity contribution in [2.24, 2.45) is 5.10 Å². The van der Waals surface area contributed by atoms with Crippen LogP contribution < -0.4 is 10.6 Å². The van der Waals surface area contributed by atoms with E-state index in [0.29, 0.717) is 6.42 Å². The third-order valence-electron chi connectivity index (χ3n) is 3.88. The third-order valence-corrected chi connectivity index (χ3v) is 3.88. The molecule has 2 unspecified atom stereocenters. The molecule has 0 aliphatic carbocycles. The van der Waals surface area contributed by atoms with E-state index in [1.54, 1.807) is 48.5 Å². The van der Waals surface area contributed by atoms with Crippen molar-refractivity contribution in [2.75, 3.05) is 6.61 Å². The predicted octanol–water partition coefficient (Wildman–Crippen LogP) is 2.68. The molecule has 0 saturated heterocycles. The monoisotopic (exact) mass is 456 g/mol. The van der Waals surface area contributed by atoms with E-state index in [1.807, 2.05) is 6.92 Å². The van der Waals surface area contributed by atoms with Gasteiger partial charge in [0, 0.05) is 12.8 Å². The van der Waals surface area contributed by atoms with Crippen molar-refractivity contribution in [1.29, 1.82) is 0 Å². The number of nitrogens with zero attached hydrogens (tertiary/aromatic N) is 2. The van der Waals surface area contributed by atoms with E-state index in [4.69, 9.17) is 14.2 Å². The smallest absolute Gasteiger partial charge is 0.409 e. The summed E-state index contributed by atoms with van der Waals surface area (Å²) in [5.41, 5.74) is -1.62. The van der Waals surface area contributed by atoms with Crippen LogP contribution in [0.3, 0.4) is 0 Å². The highest BCUT2D eigenvalue weighted by Crippen LogP contribution is 2.19. The Morgan fingerprint density at radius 1 is 0.969 bits per heavy atom. The normalized spacial score (nSPS) is 18.9. The molecule has 0 aromatic rings. The zero-order chi connectivity index (χ0) is 24.7. The number of alkyl carbamates (subject to hydrolysis) is 2. The van der Waals surface area contributed by atoms with Crippen LogP contribution in [0.5, 0.6) is 0 Å². The Labute approximate surface area is 189 Å². The van der Waals surface area contributed by atoms with Gasteiger partial charge in [-0.3, -0.25) is 10.1 Å². The Hall–Kier alpha value is -2.85. The summed E-state index contributed by atoms with van der Waals surface area (Å²) in [7, 11) is 0. The first-order chi connectivity index (χ1) is 14.7. The second kappa shape index (κ2) is 11.1. The fraction of sp³-hybridized carbons (Fsp3) is 0.762. The highest BCUT2D eigenvalue weighted by Gasteiger charge is 2.41. The van der Waals surface area contributed by atoms with Crippen molar-refractivity contribution >= 4 is 29.8 Å². The van der Waals surface area contributed by atoms with Gasteiger partial charge < -0.3 is 19.5 Å². The number of esters is 1.